The SMILES string of the molecule is CC(C)[C@H]1O[C@@H](c2ccccc2)C[C@@H]1/C=[CH]/[Sn]([CH3])([CH3])[CH3]. The molecule has 0 unspecified atom stereocenters. The summed E-state index contributed by atoms with van der Waals surface area (Å²) in [6.45, 7) is 4.55. The van der Waals surface area contributed by atoms with E-state index >= 15 is 0 Å². The summed E-state index contributed by atoms with van der Waals surface area (Å²) < 4.78 is 8.91. The molecule has 0 spiro atoms. The number of rotatable bonds is 4. The topological polar surface area (TPSA) is 9.23 Å². The van der Waals surface area contributed by atoms with E-state index in [2.05, 4.69) is 69.2 Å². The predicted molar refractivity (Wildman–Crippen MR) is 89.5 cm³/mol. The first-order chi connectivity index (χ1) is 9.37. The minimum absolute atomic E-state index is 0.272. The molecular weight excluding hydrogens is 351 g/mol. The maximum absolute atomic E-state index is 6.36. The van der Waals surface area contributed by atoms with Crippen LogP contribution in [0.25, 0.3) is 0 Å². The van der Waals surface area contributed by atoms with Crippen LogP contribution in [0, 0.1) is 11.8 Å². The van der Waals surface area contributed by atoms with Gasteiger partial charge in [0.1, 0.15) is 0 Å². The van der Waals surface area contributed by atoms with Gasteiger partial charge in [-0.1, -0.05) is 0 Å². The zero-order valence-electron chi connectivity index (χ0n) is 13.5. The van der Waals surface area contributed by atoms with Gasteiger partial charge in [0.2, 0.25) is 0 Å². The molecule has 0 radical (unpaired) electrons. The molecule has 2 rings (SSSR count). The summed E-state index contributed by atoms with van der Waals surface area (Å²) in [6, 6.07) is 10.7. The molecular formula is C18H28OSn. The normalized spacial score (nSPS) is 27.6. The van der Waals surface area contributed by atoms with E-state index in [-0.39, 0.29) is 6.10 Å². The molecule has 1 aliphatic rings. The second kappa shape index (κ2) is 6.65. The van der Waals surface area contributed by atoms with Crippen molar-refractivity contribution in [3.63, 3.8) is 0 Å². The fourth-order valence-corrected chi connectivity index (χ4v) is 5.22. The van der Waals surface area contributed by atoms with Gasteiger partial charge in [0.25, 0.3) is 0 Å². The average molecular weight is 379 g/mol. The number of hydrogen-bond acceptors (Lipinski definition) is 1. The maximum atomic E-state index is 6.36. The monoisotopic (exact) mass is 380 g/mol. The first-order valence-electron chi connectivity index (χ1n) is 7.76. The molecule has 1 aliphatic heterocycles. The Kier molecular flexibility index (Phi) is 5.35. The number of hydrogen-bond donors (Lipinski definition) is 0. The van der Waals surface area contributed by atoms with Crippen molar-refractivity contribution >= 4 is 18.4 Å². The van der Waals surface area contributed by atoms with E-state index in [1.54, 1.807) is 0 Å². The van der Waals surface area contributed by atoms with Crippen LogP contribution >= 0.6 is 0 Å². The predicted octanol–water partition coefficient (Wildman–Crippen LogP) is 5.22. The third-order valence-electron chi connectivity index (χ3n) is 3.90. The average Bonchev–Trinajstić information content (AvgIpc) is 2.81. The van der Waals surface area contributed by atoms with E-state index in [4.69, 9.17) is 4.74 Å². The van der Waals surface area contributed by atoms with Crippen molar-refractivity contribution in [2.75, 3.05) is 0 Å². The van der Waals surface area contributed by atoms with E-state index in [0.717, 1.165) is 6.42 Å². The van der Waals surface area contributed by atoms with E-state index in [1.165, 1.54) is 5.56 Å². The van der Waals surface area contributed by atoms with Crippen molar-refractivity contribution < 1.29 is 4.74 Å². The molecule has 1 heterocycles. The molecule has 0 bridgehead atoms. The van der Waals surface area contributed by atoms with E-state index in [9.17, 15) is 0 Å². The Morgan fingerprint density at radius 3 is 2.35 bits per heavy atom. The Hall–Kier alpha value is -0.281. The molecule has 0 N–H and O–H groups in total. The van der Waals surface area contributed by atoms with Crippen LogP contribution in [0.4, 0.5) is 0 Å². The summed E-state index contributed by atoms with van der Waals surface area (Å²) in [4.78, 5) is 7.38. The minimum atomic E-state index is -1.83. The van der Waals surface area contributed by atoms with Gasteiger partial charge in [-0.15, -0.1) is 0 Å². The second-order valence-electron chi connectivity index (χ2n) is 7.37. The van der Waals surface area contributed by atoms with Crippen molar-refractivity contribution in [3.05, 3.63) is 46.1 Å². The van der Waals surface area contributed by atoms with Crippen LogP contribution in [0.3, 0.4) is 0 Å². The quantitative estimate of drug-likeness (QED) is 0.652. The van der Waals surface area contributed by atoms with Crippen molar-refractivity contribution in [1.82, 2.24) is 0 Å². The summed E-state index contributed by atoms with van der Waals surface area (Å²) in [7, 11) is 0. The zero-order chi connectivity index (χ0) is 14.8. The van der Waals surface area contributed by atoms with Crippen LogP contribution in [0.5, 0.6) is 0 Å². The fourth-order valence-electron chi connectivity index (χ4n) is 2.86. The van der Waals surface area contributed by atoms with Gasteiger partial charge >= 0.3 is 128 Å². The summed E-state index contributed by atoms with van der Waals surface area (Å²) in [5.74, 6) is 1.16. The van der Waals surface area contributed by atoms with Gasteiger partial charge in [-0.25, -0.2) is 0 Å². The third kappa shape index (κ3) is 4.36. The van der Waals surface area contributed by atoms with Gasteiger partial charge < -0.3 is 0 Å². The van der Waals surface area contributed by atoms with Gasteiger partial charge in [0.15, 0.2) is 0 Å². The third-order valence-corrected chi connectivity index (χ3v) is 7.30. The molecule has 1 aromatic rings. The van der Waals surface area contributed by atoms with Gasteiger partial charge in [-0.2, -0.15) is 0 Å². The molecule has 0 amide bonds. The molecule has 3 atom stereocenters. The van der Waals surface area contributed by atoms with Crippen molar-refractivity contribution in [3.8, 4) is 0 Å². The van der Waals surface area contributed by atoms with Crippen molar-refractivity contribution in [2.24, 2.45) is 11.8 Å². The molecule has 0 aliphatic carbocycles. The van der Waals surface area contributed by atoms with Gasteiger partial charge in [0, 0.05) is 0 Å². The first-order valence-corrected chi connectivity index (χ1v) is 18.0. The van der Waals surface area contributed by atoms with Crippen LogP contribution in [-0.4, -0.2) is 24.5 Å². The molecule has 0 saturated carbocycles. The Balaban J connectivity index is 2.13. The fraction of sp³-hybridized carbons (Fsp3) is 0.556. The molecule has 110 valence electrons. The molecule has 20 heavy (non-hydrogen) atoms. The van der Waals surface area contributed by atoms with Gasteiger partial charge in [0.05, 0.1) is 0 Å². The van der Waals surface area contributed by atoms with Crippen molar-refractivity contribution in [1.29, 1.82) is 0 Å². The summed E-state index contributed by atoms with van der Waals surface area (Å²) in [5.41, 5.74) is 1.33. The van der Waals surface area contributed by atoms with Crippen LogP contribution < -0.4 is 0 Å². The number of ether oxygens (including phenoxy) is 1. The van der Waals surface area contributed by atoms with Crippen LogP contribution in [0.1, 0.15) is 31.9 Å². The Morgan fingerprint density at radius 2 is 1.80 bits per heavy atom. The van der Waals surface area contributed by atoms with Crippen LogP contribution in [-0.2, 0) is 4.74 Å². The molecule has 2 heteroatoms. The first kappa shape index (κ1) is 16.1. The summed E-state index contributed by atoms with van der Waals surface area (Å²) in [6.07, 6.45) is 4.24. The van der Waals surface area contributed by atoms with Crippen LogP contribution in [0.15, 0.2) is 40.5 Å². The van der Waals surface area contributed by atoms with Crippen LogP contribution in [0.2, 0.25) is 14.8 Å². The van der Waals surface area contributed by atoms with E-state index < -0.39 is 18.4 Å². The van der Waals surface area contributed by atoms with Gasteiger partial charge in [-0.05, 0) is 0 Å². The van der Waals surface area contributed by atoms with Crippen molar-refractivity contribution in [2.45, 2.75) is 47.3 Å². The van der Waals surface area contributed by atoms with E-state index in [0.29, 0.717) is 17.9 Å². The molecule has 1 saturated heterocycles. The standard InChI is InChI=1S/C15H19O.3CH3.Sn/c1-4-12-10-14(16-15(12)11(2)3)13-8-6-5-7-9-13;;;;/h1,4-9,11-12,14-15H,10H2,2-3H3;3*1H3;/t12-,14+,15+;;;;/m0..../s1. The Morgan fingerprint density at radius 1 is 1.15 bits per heavy atom. The molecule has 1 aromatic carbocycles. The van der Waals surface area contributed by atoms with Gasteiger partial charge in [-0.3, -0.25) is 0 Å². The molecule has 0 aromatic heterocycles. The zero-order valence-corrected chi connectivity index (χ0v) is 16.3. The number of benzene rings is 1. The summed E-state index contributed by atoms with van der Waals surface area (Å²) in [5, 5.41) is 0. The second-order valence-corrected chi connectivity index (χ2v) is 21.8. The summed E-state index contributed by atoms with van der Waals surface area (Å²) >= 11 is -1.83. The Bertz CT molecular complexity index is 444. The Labute approximate surface area is 128 Å². The van der Waals surface area contributed by atoms with E-state index in [1.807, 2.05) is 0 Å². The molecule has 1 fully saturated rings. The molecule has 1 nitrogen and oxygen atoms in total.